The second-order valence-electron chi connectivity index (χ2n) is 6.83. The minimum Gasteiger partial charge on any atom is -0.330 e. The number of benzene rings is 1. The summed E-state index contributed by atoms with van der Waals surface area (Å²) >= 11 is 0. The molecule has 1 aromatic rings. The second kappa shape index (κ2) is 7.06. The SMILES string of the molecule is CC(CCN)CN(C)Cc1ccc(C(C)(C)C)cc1. The summed E-state index contributed by atoms with van der Waals surface area (Å²) in [4.78, 5) is 2.38. The lowest BCUT2D eigenvalue weighted by Gasteiger charge is -2.22. The molecule has 0 aliphatic carbocycles. The van der Waals surface area contributed by atoms with Gasteiger partial charge in [-0.25, -0.2) is 0 Å². The molecule has 0 amide bonds. The number of hydrogen-bond acceptors (Lipinski definition) is 2. The number of nitrogens with zero attached hydrogens (tertiary/aromatic N) is 1. The van der Waals surface area contributed by atoms with E-state index in [1.807, 2.05) is 0 Å². The fraction of sp³-hybridized carbons (Fsp3) is 0.647. The van der Waals surface area contributed by atoms with Crippen molar-refractivity contribution in [3.05, 3.63) is 35.4 Å². The third kappa shape index (κ3) is 5.75. The molecule has 1 aromatic carbocycles. The van der Waals surface area contributed by atoms with Gasteiger partial charge in [0.05, 0.1) is 0 Å². The first-order valence-electron chi connectivity index (χ1n) is 7.31. The zero-order valence-electron chi connectivity index (χ0n) is 13.2. The summed E-state index contributed by atoms with van der Waals surface area (Å²) in [5.41, 5.74) is 8.62. The third-order valence-electron chi connectivity index (χ3n) is 3.56. The molecule has 0 spiro atoms. The van der Waals surface area contributed by atoms with E-state index >= 15 is 0 Å². The molecule has 1 atom stereocenters. The predicted molar refractivity (Wildman–Crippen MR) is 84.3 cm³/mol. The first kappa shape index (κ1) is 16.2. The van der Waals surface area contributed by atoms with Crippen LogP contribution in [-0.2, 0) is 12.0 Å². The highest BCUT2D eigenvalue weighted by Gasteiger charge is 2.13. The van der Waals surface area contributed by atoms with Crippen molar-refractivity contribution in [2.24, 2.45) is 11.7 Å². The number of nitrogens with two attached hydrogens (primary N) is 1. The zero-order valence-corrected chi connectivity index (χ0v) is 13.2. The van der Waals surface area contributed by atoms with E-state index in [4.69, 9.17) is 5.73 Å². The van der Waals surface area contributed by atoms with Crippen LogP contribution in [0.4, 0.5) is 0 Å². The Bertz CT molecular complexity index is 362. The van der Waals surface area contributed by atoms with E-state index in [0.717, 1.165) is 26.1 Å². The average Bonchev–Trinajstić information content (AvgIpc) is 2.28. The van der Waals surface area contributed by atoms with Gasteiger partial charge in [0.2, 0.25) is 0 Å². The van der Waals surface area contributed by atoms with Gasteiger partial charge < -0.3 is 10.6 Å². The van der Waals surface area contributed by atoms with Crippen molar-refractivity contribution >= 4 is 0 Å². The van der Waals surface area contributed by atoms with Gasteiger partial charge in [0.15, 0.2) is 0 Å². The molecule has 2 N–H and O–H groups in total. The highest BCUT2D eigenvalue weighted by molar-refractivity contribution is 5.27. The first-order valence-corrected chi connectivity index (χ1v) is 7.31. The molecule has 0 aliphatic heterocycles. The Morgan fingerprint density at radius 2 is 1.74 bits per heavy atom. The molecule has 2 heteroatoms. The van der Waals surface area contributed by atoms with Crippen LogP contribution in [0.15, 0.2) is 24.3 Å². The smallest absolute Gasteiger partial charge is 0.0230 e. The van der Waals surface area contributed by atoms with Gasteiger partial charge in [-0.15, -0.1) is 0 Å². The minimum absolute atomic E-state index is 0.236. The monoisotopic (exact) mass is 262 g/mol. The molecule has 0 aromatic heterocycles. The number of rotatable bonds is 6. The van der Waals surface area contributed by atoms with E-state index < -0.39 is 0 Å². The van der Waals surface area contributed by atoms with Gasteiger partial charge >= 0.3 is 0 Å². The molecular formula is C17H30N2. The summed E-state index contributed by atoms with van der Waals surface area (Å²) in [5.74, 6) is 0.670. The van der Waals surface area contributed by atoms with Crippen molar-refractivity contribution in [2.45, 2.75) is 46.1 Å². The molecular weight excluding hydrogens is 232 g/mol. The lowest BCUT2D eigenvalue weighted by atomic mass is 9.87. The summed E-state index contributed by atoms with van der Waals surface area (Å²) in [6.45, 7) is 11.9. The Hall–Kier alpha value is -0.860. The van der Waals surface area contributed by atoms with Crippen LogP contribution in [0.2, 0.25) is 0 Å². The Labute approximate surface area is 119 Å². The first-order chi connectivity index (χ1) is 8.82. The average molecular weight is 262 g/mol. The largest absolute Gasteiger partial charge is 0.330 e. The Kier molecular flexibility index (Phi) is 6.02. The van der Waals surface area contributed by atoms with Crippen molar-refractivity contribution in [3.63, 3.8) is 0 Å². The van der Waals surface area contributed by atoms with Gasteiger partial charge in [0.1, 0.15) is 0 Å². The summed E-state index contributed by atoms with van der Waals surface area (Å²) in [6.07, 6.45) is 1.10. The Morgan fingerprint density at radius 1 is 1.16 bits per heavy atom. The van der Waals surface area contributed by atoms with Crippen LogP contribution in [0.25, 0.3) is 0 Å². The fourth-order valence-electron chi connectivity index (χ4n) is 2.39. The normalized spacial score (nSPS) is 13.8. The second-order valence-corrected chi connectivity index (χ2v) is 6.83. The molecule has 0 radical (unpaired) electrons. The van der Waals surface area contributed by atoms with E-state index in [1.165, 1.54) is 11.1 Å². The summed E-state index contributed by atoms with van der Waals surface area (Å²) in [7, 11) is 2.19. The lowest BCUT2D eigenvalue weighted by Crippen LogP contribution is -2.25. The Morgan fingerprint density at radius 3 is 2.21 bits per heavy atom. The topological polar surface area (TPSA) is 29.3 Å². The van der Waals surface area contributed by atoms with Crippen LogP contribution in [0.1, 0.15) is 45.2 Å². The van der Waals surface area contributed by atoms with Gasteiger partial charge in [0, 0.05) is 13.1 Å². The van der Waals surface area contributed by atoms with Gasteiger partial charge in [-0.05, 0) is 42.5 Å². The van der Waals surface area contributed by atoms with Crippen molar-refractivity contribution < 1.29 is 0 Å². The zero-order chi connectivity index (χ0) is 14.5. The van der Waals surface area contributed by atoms with Crippen LogP contribution in [0.3, 0.4) is 0 Å². The lowest BCUT2D eigenvalue weighted by molar-refractivity contribution is 0.273. The van der Waals surface area contributed by atoms with Gasteiger partial charge in [-0.3, -0.25) is 0 Å². The van der Waals surface area contributed by atoms with Crippen LogP contribution in [0, 0.1) is 5.92 Å². The highest BCUT2D eigenvalue weighted by Crippen LogP contribution is 2.22. The van der Waals surface area contributed by atoms with Crippen molar-refractivity contribution in [1.82, 2.24) is 4.90 Å². The highest BCUT2D eigenvalue weighted by atomic mass is 15.1. The minimum atomic E-state index is 0.236. The van der Waals surface area contributed by atoms with E-state index in [0.29, 0.717) is 5.92 Å². The third-order valence-corrected chi connectivity index (χ3v) is 3.56. The van der Waals surface area contributed by atoms with Gasteiger partial charge in [-0.1, -0.05) is 52.0 Å². The summed E-state index contributed by atoms with van der Waals surface area (Å²) < 4.78 is 0. The maximum atomic E-state index is 5.60. The van der Waals surface area contributed by atoms with Crippen LogP contribution in [-0.4, -0.2) is 25.0 Å². The van der Waals surface area contributed by atoms with Crippen molar-refractivity contribution in [3.8, 4) is 0 Å². The maximum Gasteiger partial charge on any atom is 0.0230 e. The van der Waals surface area contributed by atoms with E-state index in [9.17, 15) is 0 Å². The maximum absolute atomic E-state index is 5.60. The molecule has 0 fully saturated rings. The molecule has 0 bridgehead atoms. The molecule has 0 aliphatic rings. The predicted octanol–water partition coefficient (Wildman–Crippen LogP) is 3.40. The molecule has 0 saturated carbocycles. The van der Waals surface area contributed by atoms with E-state index in [1.54, 1.807) is 0 Å². The number of hydrogen-bond donors (Lipinski definition) is 1. The van der Waals surface area contributed by atoms with E-state index in [-0.39, 0.29) is 5.41 Å². The van der Waals surface area contributed by atoms with E-state index in [2.05, 4.69) is 63.9 Å². The summed E-state index contributed by atoms with van der Waals surface area (Å²) in [6, 6.07) is 9.02. The molecule has 1 unspecified atom stereocenters. The Balaban J connectivity index is 2.53. The quantitative estimate of drug-likeness (QED) is 0.851. The van der Waals surface area contributed by atoms with Crippen molar-refractivity contribution in [2.75, 3.05) is 20.1 Å². The van der Waals surface area contributed by atoms with Crippen LogP contribution >= 0.6 is 0 Å². The molecule has 108 valence electrons. The van der Waals surface area contributed by atoms with Gasteiger partial charge in [0.25, 0.3) is 0 Å². The fourth-order valence-corrected chi connectivity index (χ4v) is 2.39. The molecule has 19 heavy (non-hydrogen) atoms. The molecule has 2 nitrogen and oxygen atoms in total. The molecule has 1 rings (SSSR count). The molecule has 0 saturated heterocycles. The van der Waals surface area contributed by atoms with Crippen LogP contribution < -0.4 is 5.73 Å². The standard InChI is InChI=1S/C17H30N2/c1-14(10-11-18)12-19(5)13-15-6-8-16(9-7-15)17(2,3)4/h6-9,14H,10-13,18H2,1-5H3. The summed E-state index contributed by atoms with van der Waals surface area (Å²) in [5, 5.41) is 0. The van der Waals surface area contributed by atoms with Gasteiger partial charge in [-0.2, -0.15) is 0 Å². The van der Waals surface area contributed by atoms with Crippen molar-refractivity contribution in [1.29, 1.82) is 0 Å². The molecule has 0 heterocycles. The van der Waals surface area contributed by atoms with Crippen LogP contribution in [0.5, 0.6) is 0 Å².